The molecule has 0 spiro atoms. The third kappa shape index (κ3) is 3.79. The van der Waals surface area contributed by atoms with E-state index in [9.17, 15) is 4.79 Å². The first-order valence-corrected chi connectivity index (χ1v) is 7.60. The number of hydrogen-bond donors (Lipinski definition) is 0. The highest BCUT2D eigenvalue weighted by Gasteiger charge is 2.20. The van der Waals surface area contributed by atoms with Crippen molar-refractivity contribution in [2.45, 2.75) is 45.6 Å². The van der Waals surface area contributed by atoms with Gasteiger partial charge in [0.05, 0.1) is 18.0 Å². The molecule has 2 rings (SSSR count). The Labute approximate surface area is 121 Å². The van der Waals surface area contributed by atoms with E-state index in [0.29, 0.717) is 18.2 Å². The van der Waals surface area contributed by atoms with E-state index in [0.717, 1.165) is 44.6 Å². The molecule has 1 aliphatic rings. The smallest absolute Gasteiger partial charge is 0.180 e. The number of carbonyl (C=O) groups excluding carboxylic acids is 1. The summed E-state index contributed by atoms with van der Waals surface area (Å²) in [7, 11) is 0. The molecule has 110 valence electrons. The fourth-order valence-electron chi connectivity index (χ4n) is 2.51. The van der Waals surface area contributed by atoms with Crippen LogP contribution >= 0.6 is 0 Å². The Hall–Kier alpha value is -1.42. The Bertz CT molecular complexity index is 431. The molecule has 1 aromatic rings. The molecular weight excluding hydrogens is 252 g/mol. The average Bonchev–Trinajstić information content (AvgIpc) is 2.52. The normalized spacial score (nSPS) is 19.1. The number of ketones is 1. The van der Waals surface area contributed by atoms with Gasteiger partial charge in [0.15, 0.2) is 5.78 Å². The summed E-state index contributed by atoms with van der Waals surface area (Å²) in [5.41, 5.74) is 1.65. The zero-order chi connectivity index (χ0) is 14.4. The molecule has 1 aromatic heterocycles. The number of pyridine rings is 1. The van der Waals surface area contributed by atoms with Crippen LogP contribution in [-0.2, 0) is 4.74 Å². The van der Waals surface area contributed by atoms with Crippen molar-refractivity contribution in [1.29, 1.82) is 0 Å². The summed E-state index contributed by atoms with van der Waals surface area (Å²) in [6.07, 6.45) is 5.97. The van der Waals surface area contributed by atoms with Crippen molar-refractivity contribution in [2.75, 3.05) is 24.6 Å². The first-order valence-electron chi connectivity index (χ1n) is 7.60. The van der Waals surface area contributed by atoms with E-state index in [1.54, 1.807) is 0 Å². The number of anilines is 1. The Morgan fingerprint density at radius 1 is 1.45 bits per heavy atom. The van der Waals surface area contributed by atoms with Crippen molar-refractivity contribution < 1.29 is 9.53 Å². The van der Waals surface area contributed by atoms with Crippen molar-refractivity contribution in [3.63, 3.8) is 0 Å². The largest absolute Gasteiger partial charge is 0.376 e. The number of aromatic nitrogens is 1. The summed E-state index contributed by atoms with van der Waals surface area (Å²) in [5, 5.41) is 0. The van der Waals surface area contributed by atoms with Crippen molar-refractivity contribution >= 4 is 11.5 Å². The minimum Gasteiger partial charge on any atom is -0.376 e. The van der Waals surface area contributed by atoms with Crippen molar-refractivity contribution in [3.8, 4) is 0 Å². The van der Waals surface area contributed by atoms with Crippen molar-refractivity contribution in [1.82, 2.24) is 4.98 Å². The fraction of sp³-hybridized carbons (Fsp3) is 0.625. The molecule has 4 nitrogen and oxygen atoms in total. The summed E-state index contributed by atoms with van der Waals surface area (Å²) < 4.78 is 5.85. The van der Waals surface area contributed by atoms with Gasteiger partial charge in [0, 0.05) is 26.1 Å². The van der Waals surface area contributed by atoms with E-state index in [1.165, 1.54) is 0 Å². The van der Waals surface area contributed by atoms with E-state index in [1.807, 2.05) is 25.3 Å². The lowest BCUT2D eigenvalue weighted by Crippen LogP contribution is -2.39. The van der Waals surface area contributed by atoms with Gasteiger partial charge >= 0.3 is 0 Å². The maximum Gasteiger partial charge on any atom is 0.180 e. The molecule has 4 heteroatoms. The zero-order valence-corrected chi connectivity index (χ0v) is 12.5. The molecule has 1 unspecified atom stereocenters. The lowest BCUT2D eigenvalue weighted by atomic mass is 10.1. The first-order chi connectivity index (χ1) is 9.74. The minimum atomic E-state index is 0.0966. The summed E-state index contributed by atoms with van der Waals surface area (Å²) >= 11 is 0. The first kappa shape index (κ1) is 15.0. The van der Waals surface area contributed by atoms with E-state index in [-0.39, 0.29) is 5.78 Å². The second-order valence-electron chi connectivity index (χ2n) is 5.26. The molecule has 0 amide bonds. The SMILES string of the molecule is CCCOC1CCCN(c2ccc(C(=O)CC)nc2)C1. The molecule has 1 saturated heterocycles. The number of ether oxygens (including phenoxy) is 1. The van der Waals surface area contributed by atoms with Gasteiger partial charge in [-0.1, -0.05) is 13.8 Å². The van der Waals surface area contributed by atoms with Crippen LogP contribution in [0.4, 0.5) is 5.69 Å². The molecule has 1 aliphatic heterocycles. The number of piperidine rings is 1. The summed E-state index contributed by atoms with van der Waals surface area (Å²) in [5.74, 6) is 0.0966. The van der Waals surface area contributed by atoms with Crippen LogP contribution < -0.4 is 4.90 Å². The third-order valence-electron chi connectivity index (χ3n) is 3.66. The molecule has 20 heavy (non-hydrogen) atoms. The third-order valence-corrected chi connectivity index (χ3v) is 3.66. The monoisotopic (exact) mass is 276 g/mol. The molecule has 0 aliphatic carbocycles. The lowest BCUT2D eigenvalue weighted by Gasteiger charge is -2.34. The highest BCUT2D eigenvalue weighted by atomic mass is 16.5. The van der Waals surface area contributed by atoms with Crippen LogP contribution in [0.25, 0.3) is 0 Å². The van der Waals surface area contributed by atoms with Gasteiger partial charge in [-0.15, -0.1) is 0 Å². The van der Waals surface area contributed by atoms with Crippen LogP contribution in [0.1, 0.15) is 50.0 Å². The molecule has 0 saturated carbocycles. The number of hydrogen-bond acceptors (Lipinski definition) is 4. The predicted molar refractivity (Wildman–Crippen MR) is 80.3 cm³/mol. The maximum absolute atomic E-state index is 11.6. The summed E-state index contributed by atoms with van der Waals surface area (Å²) in [6.45, 7) is 6.78. The average molecular weight is 276 g/mol. The lowest BCUT2D eigenvalue weighted by molar-refractivity contribution is 0.0440. The van der Waals surface area contributed by atoms with Gasteiger partial charge in [0.1, 0.15) is 5.69 Å². The van der Waals surface area contributed by atoms with Gasteiger partial charge in [-0.05, 0) is 31.4 Å². The van der Waals surface area contributed by atoms with E-state index in [4.69, 9.17) is 4.74 Å². The van der Waals surface area contributed by atoms with Crippen LogP contribution in [-0.4, -0.2) is 36.6 Å². The van der Waals surface area contributed by atoms with Crippen molar-refractivity contribution in [3.05, 3.63) is 24.0 Å². The highest BCUT2D eigenvalue weighted by molar-refractivity contribution is 5.94. The molecule has 0 aromatic carbocycles. The Morgan fingerprint density at radius 3 is 2.95 bits per heavy atom. The van der Waals surface area contributed by atoms with Gasteiger partial charge in [0.2, 0.25) is 0 Å². The van der Waals surface area contributed by atoms with Crippen LogP contribution in [0.2, 0.25) is 0 Å². The van der Waals surface area contributed by atoms with Gasteiger partial charge in [-0.3, -0.25) is 9.78 Å². The second-order valence-corrected chi connectivity index (χ2v) is 5.26. The summed E-state index contributed by atoms with van der Waals surface area (Å²) in [6, 6.07) is 3.83. The Balaban J connectivity index is 1.98. The molecule has 0 bridgehead atoms. The van der Waals surface area contributed by atoms with Gasteiger partial charge in [-0.25, -0.2) is 0 Å². The van der Waals surface area contributed by atoms with E-state index in [2.05, 4.69) is 16.8 Å². The number of nitrogens with zero attached hydrogens (tertiary/aromatic N) is 2. The zero-order valence-electron chi connectivity index (χ0n) is 12.5. The molecular formula is C16H24N2O2. The van der Waals surface area contributed by atoms with Crippen LogP contribution in [0, 0.1) is 0 Å². The molecule has 0 radical (unpaired) electrons. The molecule has 2 heterocycles. The Morgan fingerprint density at radius 2 is 2.30 bits per heavy atom. The minimum absolute atomic E-state index is 0.0966. The van der Waals surface area contributed by atoms with Gasteiger partial charge in [0.25, 0.3) is 0 Å². The Kier molecular flexibility index (Phi) is 5.53. The maximum atomic E-state index is 11.6. The highest BCUT2D eigenvalue weighted by Crippen LogP contribution is 2.21. The van der Waals surface area contributed by atoms with E-state index < -0.39 is 0 Å². The number of carbonyl (C=O) groups is 1. The molecule has 1 atom stereocenters. The quantitative estimate of drug-likeness (QED) is 0.749. The summed E-state index contributed by atoms with van der Waals surface area (Å²) in [4.78, 5) is 18.2. The van der Waals surface area contributed by atoms with Crippen LogP contribution in [0.5, 0.6) is 0 Å². The predicted octanol–water partition coefficient (Wildman–Crippen LogP) is 3.07. The van der Waals surface area contributed by atoms with E-state index >= 15 is 0 Å². The van der Waals surface area contributed by atoms with Crippen molar-refractivity contribution in [2.24, 2.45) is 0 Å². The van der Waals surface area contributed by atoms with Gasteiger partial charge in [-0.2, -0.15) is 0 Å². The molecule has 0 N–H and O–H groups in total. The number of Topliss-reactive ketones (excluding diaryl/α,β-unsaturated/α-hetero) is 1. The van der Waals surface area contributed by atoms with Crippen LogP contribution in [0.15, 0.2) is 18.3 Å². The number of rotatable bonds is 6. The second kappa shape index (κ2) is 7.39. The molecule has 1 fully saturated rings. The van der Waals surface area contributed by atoms with Crippen LogP contribution in [0.3, 0.4) is 0 Å². The van der Waals surface area contributed by atoms with Gasteiger partial charge < -0.3 is 9.64 Å². The topological polar surface area (TPSA) is 42.4 Å². The standard InChI is InChI=1S/C16H24N2O2/c1-3-10-20-14-6-5-9-18(12-14)13-7-8-15(17-11-13)16(19)4-2/h7-8,11,14H,3-6,9-10,12H2,1-2H3. The fourth-order valence-corrected chi connectivity index (χ4v) is 2.51.